The maximum atomic E-state index is 13.0. The molecule has 10 nitrogen and oxygen atoms in total. The van der Waals surface area contributed by atoms with Crippen molar-refractivity contribution in [1.82, 2.24) is 18.7 Å². The summed E-state index contributed by atoms with van der Waals surface area (Å²) in [7, 11) is 3.22. The zero-order valence-electron chi connectivity index (χ0n) is 21.7. The van der Waals surface area contributed by atoms with Crippen LogP contribution in [0, 0.1) is 23.7 Å². The molecule has 0 spiro atoms. The van der Waals surface area contributed by atoms with E-state index >= 15 is 0 Å². The molecule has 1 aromatic carbocycles. The lowest BCUT2D eigenvalue weighted by Gasteiger charge is -2.10. The van der Waals surface area contributed by atoms with Gasteiger partial charge >= 0.3 is 5.69 Å². The van der Waals surface area contributed by atoms with Gasteiger partial charge in [0, 0.05) is 48.6 Å². The number of aryl methyl sites for hydroxylation is 1. The Morgan fingerprint density at radius 2 is 1.61 bits per heavy atom. The lowest BCUT2D eigenvalue weighted by molar-refractivity contribution is -0.118. The molecule has 198 valence electrons. The number of rotatable bonds is 8. The molecule has 0 bridgehead atoms. The van der Waals surface area contributed by atoms with E-state index in [1.807, 2.05) is 0 Å². The molecule has 2 saturated carbocycles. The minimum Gasteiger partial charge on any atom is -0.326 e. The molecule has 0 unspecified atom stereocenters. The maximum Gasteiger partial charge on any atom is 0.333 e. The molecule has 3 aromatic rings. The van der Waals surface area contributed by atoms with E-state index in [4.69, 9.17) is 0 Å². The summed E-state index contributed by atoms with van der Waals surface area (Å²) in [5, 5.41) is 6.50. The number of carbonyl (C=O) groups is 2. The van der Waals surface area contributed by atoms with E-state index in [1.54, 1.807) is 29.8 Å². The van der Waals surface area contributed by atoms with E-state index in [0.717, 1.165) is 42.4 Å². The Hall–Kier alpha value is -3.78. The van der Waals surface area contributed by atoms with Gasteiger partial charge in [-0.2, -0.15) is 0 Å². The third-order valence-corrected chi connectivity index (χ3v) is 7.82. The summed E-state index contributed by atoms with van der Waals surface area (Å²) in [5.74, 6) is 6.90. The fourth-order valence-electron chi connectivity index (χ4n) is 4.12. The standard InChI is InChI=1S/C27H30N6O4S/c1-4-12-38-26-30-22-21(31(26)2)25(36)32(3)27(37)33(22)11-5-6-16-13-19(28-23(34)17-7-8-17)15-20(14-16)29-24(35)18-9-10-18/h13-15,17-18H,4,7-12H2,1-3H3,(H,28,34)(H,29,35). The summed E-state index contributed by atoms with van der Waals surface area (Å²) in [6.07, 6.45) is 4.47. The number of nitrogens with zero attached hydrogens (tertiary/aromatic N) is 4. The van der Waals surface area contributed by atoms with E-state index in [-0.39, 0.29) is 30.2 Å². The number of carbonyl (C=O) groups excluding carboxylic acids is 2. The molecule has 0 atom stereocenters. The quantitative estimate of drug-likeness (QED) is 0.339. The van der Waals surface area contributed by atoms with Crippen LogP contribution in [0.1, 0.15) is 44.6 Å². The Labute approximate surface area is 223 Å². The summed E-state index contributed by atoms with van der Waals surface area (Å²) >= 11 is 1.53. The molecule has 0 aliphatic heterocycles. The average molecular weight is 535 g/mol. The highest BCUT2D eigenvalue weighted by molar-refractivity contribution is 7.99. The smallest absolute Gasteiger partial charge is 0.326 e. The second kappa shape index (κ2) is 10.5. The Bertz CT molecular complexity index is 1570. The van der Waals surface area contributed by atoms with E-state index in [9.17, 15) is 19.2 Å². The molecule has 0 saturated heterocycles. The molecule has 2 N–H and O–H groups in total. The van der Waals surface area contributed by atoms with Crippen LogP contribution in [0.25, 0.3) is 11.2 Å². The summed E-state index contributed by atoms with van der Waals surface area (Å²) < 4.78 is 4.19. The van der Waals surface area contributed by atoms with Crippen LogP contribution in [0.5, 0.6) is 0 Å². The van der Waals surface area contributed by atoms with Gasteiger partial charge in [-0.1, -0.05) is 30.5 Å². The topological polar surface area (TPSA) is 120 Å². The van der Waals surface area contributed by atoms with Crippen LogP contribution in [0.3, 0.4) is 0 Å². The molecule has 2 heterocycles. The largest absolute Gasteiger partial charge is 0.333 e. The van der Waals surface area contributed by atoms with Gasteiger partial charge in [-0.25, -0.2) is 9.78 Å². The van der Waals surface area contributed by atoms with Crippen molar-refractivity contribution >= 4 is 46.1 Å². The second-order valence-electron chi connectivity index (χ2n) is 9.83. The number of nitrogens with one attached hydrogen (secondary N) is 2. The van der Waals surface area contributed by atoms with Gasteiger partial charge in [0.25, 0.3) is 5.56 Å². The predicted molar refractivity (Wildman–Crippen MR) is 147 cm³/mol. The normalized spacial score (nSPS) is 14.7. The summed E-state index contributed by atoms with van der Waals surface area (Å²) in [6, 6.07) is 5.23. The molecule has 0 radical (unpaired) electrons. The van der Waals surface area contributed by atoms with Crippen LogP contribution in [0.15, 0.2) is 32.9 Å². The van der Waals surface area contributed by atoms with E-state index in [2.05, 4.69) is 34.4 Å². The Morgan fingerprint density at radius 1 is 1.00 bits per heavy atom. The van der Waals surface area contributed by atoms with Crippen molar-refractivity contribution in [3.63, 3.8) is 0 Å². The lowest BCUT2D eigenvalue weighted by Crippen LogP contribution is -2.38. The predicted octanol–water partition coefficient (Wildman–Crippen LogP) is 2.68. The fraction of sp³-hybridized carbons (Fsp3) is 0.444. The number of benzene rings is 1. The summed E-state index contributed by atoms with van der Waals surface area (Å²) in [6.45, 7) is 2.08. The number of hydrogen-bond donors (Lipinski definition) is 2. The van der Waals surface area contributed by atoms with Crippen LogP contribution in [0.2, 0.25) is 0 Å². The first kappa shape index (κ1) is 25.9. The highest BCUT2D eigenvalue weighted by atomic mass is 32.2. The fourth-order valence-corrected chi connectivity index (χ4v) is 4.94. The van der Waals surface area contributed by atoms with Gasteiger partial charge in [0.2, 0.25) is 11.8 Å². The molecular formula is C27H30N6O4S. The third kappa shape index (κ3) is 5.41. The molecular weight excluding hydrogens is 504 g/mol. The van der Waals surface area contributed by atoms with E-state index in [1.165, 1.54) is 23.4 Å². The minimum absolute atomic E-state index is 0.0147. The zero-order chi connectivity index (χ0) is 27.0. The molecule has 2 aromatic heterocycles. The number of amides is 2. The van der Waals surface area contributed by atoms with Crippen molar-refractivity contribution in [2.45, 2.75) is 50.7 Å². The number of anilines is 2. The first-order chi connectivity index (χ1) is 18.3. The van der Waals surface area contributed by atoms with Gasteiger partial charge in [0.05, 0.1) is 6.54 Å². The van der Waals surface area contributed by atoms with Gasteiger partial charge in [-0.05, 0) is 50.3 Å². The molecule has 38 heavy (non-hydrogen) atoms. The average Bonchev–Trinajstić information content (AvgIpc) is 3.80. The second-order valence-corrected chi connectivity index (χ2v) is 10.9. The number of thioether (sulfide) groups is 1. The van der Waals surface area contributed by atoms with Crippen molar-refractivity contribution in [3.05, 3.63) is 44.6 Å². The number of aromatic nitrogens is 4. The zero-order valence-corrected chi connectivity index (χ0v) is 22.5. The van der Waals surface area contributed by atoms with Crippen molar-refractivity contribution in [3.8, 4) is 11.8 Å². The highest BCUT2D eigenvalue weighted by Gasteiger charge is 2.31. The maximum absolute atomic E-state index is 13.0. The van der Waals surface area contributed by atoms with Crippen molar-refractivity contribution in [1.29, 1.82) is 0 Å². The molecule has 2 fully saturated rings. The van der Waals surface area contributed by atoms with Crippen molar-refractivity contribution < 1.29 is 9.59 Å². The number of hydrogen-bond acceptors (Lipinski definition) is 6. The van der Waals surface area contributed by atoms with Crippen LogP contribution < -0.4 is 21.9 Å². The third-order valence-electron chi connectivity index (χ3n) is 6.59. The number of imidazole rings is 1. The van der Waals surface area contributed by atoms with Gasteiger partial charge < -0.3 is 15.2 Å². The molecule has 2 amide bonds. The monoisotopic (exact) mass is 534 g/mol. The lowest BCUT2D eigenvalue weighted by atomic mass is 10.1. The molecule has 5 rings (SSSR count). The Morgan fingerprint density at radius 3 is 2.16 bits per heavy atom. The molecule has 2 aliphatic carbocycles. The molecule has 2 aliphatic rings. The first-order valence-electron chi connectivity index (χ1n) is 12.8. The van der Waals surface area contributed by atoms with Gasteiger partial charge in [-0.3, -0.25) is 23.5 Å². The van der Waals surface area contributed by atoms with E-state index < -0.39 is 11.2 Å². The number of fused-ring (bicyclic) bond motifs is 1. The summed E-state index contributed by atoms with van der Waals surface area (Å²) in [5.41, 5.74) is 1.46. The van der Waals surface area contributed by atoms with Crippen LogP contribution >= 0.6 is 11.8 Å². The van der Waals surface area contributed by atoms with Gasteiger partial charge in [0.1, 0.15) is 0 Å². The van der Waals surface area contributed by atoms with Crippen LogP contribution in [0.4, 0.5) is 11.4 Å². The minimum atomic E-state index is -0.496. The Kier molecular flexibility index (Phi) is 7.17. The van der Waals surface area contributed by atoms with Gasteiger partial charge in [-0.15, -0.1) is 0 Å². The molecule has 11 heteroatoms. The Balaban J connectivity index is 1.47. The van der Waals surface area contributed by atoms with Gasteiger partial charge in [0.15, 0.2) is 16.3 Å². The summed E-state index contributed by atoms with van der Waals surface area (Å²) in [4.78, 5) is 55.1. The van der Waals surface area contributed by atoms with Crippen molar-refractivity contribution in [2.24, 2.45) is 25.9 Å². The SMILES string of the molecule is CCCSc1nc2c(c(=O)n(C)c(=O)n2CC#Cc2cc(NC(=O)C3CC3)cc(NC(=O)C3CC3)c2)n1C. The highest BCUT2D eigenvalue weighted by Crippen LogP contribution is 2.32. The van der Waals surface area contributed by atoms with Crippen LogP contribution in [-0.4, -0.2) is 36.3 Å². The van der Waals surface area contributed by atoms with Crippen LogP contribution in [-0.2, 0) is 30.2 Å². The van der Waals surface area contributed by atoms with E-state index in [0.29, 0.717) is 33.3 Å². The van der Waals surface area contributed by atoms with Crippen molar-refractivity contribution in [2.75, 3.05) is 16.4 Å². The first-order valence-corrected chi connectivity index (χ1v) is 13.8.